The van der Waals surface area contributed by atoms with Crippen LogP contribution in [0.4, 0.5) is 10.1 Å². The average molecular weight is 396 g/mol. The number of carbonyl (C=O) groups excluding carboxylic acids is 2. The third-order valence-corrected chi connectivity index (χ3v) is 3.83. The molecule has 0 saturated carbocycles. The van der Waals surface area contributed by atoms with Crippen LogP contribution in [0.1, 0.15) is 17.3 Å². The lowest BCUT2D eigenvalue weighted by Gasteiger charge is -2.14. The van der Waals surface area contributed by atoms with Crippen molar-refractivity contribution in [3.8, 4) is 5.75 Å². The summed E-state index contributed by atoms with van der Waals surface area (Å²) in [5.41, 5.74) is 0.519. The van der Waals surface area contributed by atoms with E-state index in [2.05, 4.69) is 21.2 Å². The normalized spacial score (nSPS) is 11.5. The summed E-state index contributed by atoms with van der Waals surface area (Å²) in [4.78, 5) is 24.3. The van der Waals surface area contributed by atoms with Gasteiger partial charge in [0.15, 0.2) is 6.10 Å². The van der Waals surface area contributed by atoms with Gasteiger partial charge in [-0.2, -0.15) is 0 Å². The van der Waals surface area contributed by atoms with Crippen molar-refractivity contribution in [2.24, 2.45) is 0 Å². The highest BCUT2D eigenvalue weighted by molar-refractivity contribution is 9.10. The average Bonchev–Trinajstić information content (AvgIpc) is 2.55. The Morgan fingerprint density at radius 1 is 1.21 bits per heavy atom. The van der Waals surface area contributed by atoms with Gasteiger partial charge in [0.25, 0.3) is 5.91 Å². The van der Waals surface area contributed by atoms with Crippen molar-refractivity contribution in [3.63, 3.8) is 0 Å². The Morgan fingerprint density at radius 2 is 1.96 bits per heavy atom. The smallest absolute Gasteiger partial charge is 0.340 e. The van der Waals surface area contributed by atoms with Crippen molar-refractivity contribution < 1.29 is 23.5 Å². The molecule has 1 unspecified atom stereocenters. The Balaban J connectivity index is 2.04. The Hall–Kier alpha value is -2.41. The number of esters is 1. The number of carbonyl (C=O) groups is 2. The fraction of sp³-hybridized carbons (Fsp3) is 0.176. The van der Waals surface area contributed by atoms with Crippen LogP contribution in [0, 0.1) is 5.82 Å². The molecule has 24 heavy (non-hydrogen) atoms. The van der Waals surface area contributed by atoms with E-state index in [1.807, 2.05) is 0 Å². The van der Waals surface area contributed by atoms with Gasteiger partial charge in [-0.25, -0.2) is 9.18 Å². The quantitative estimate of drug-likeness (QED) is 0.782. The fourth-order valence-electron chi connectivity index (χ4n) is 1.88. The Kier molecular flexibility index (Phi) is 5.92. The van der Waals surface area contributed by atoms with Gasteiger partial charge in [0, 0.05) is 10.2 Å². The molecule has 1 amide bonds. The van der Waals surface area contributed by atoms with Gasteiger partial charge in [0.1, 0.15) is 11.6 Å². The molecule has 0 fully saturated rings. The zero-order valence-electron chi connectivity index (χ0n) is 13.0. The van der Waals surface area contributed by atoms with E-state index in [4.69, 9.17) is 9.47 Å². The molecule has 2 aromatic rings. The number of methoxy groups -OCH3 is 1. The lowest BCUT2D eigenvalue weighted by atomic mass is 10.2. The lowest BCUT2D eigenvalue weighted by molar-refractivity contribution is -0.123. The van der Waals surface area contributed by atoms with Gasteiger partial charge in [-0.1, -0.05) is 6.07 Å². The van der Waals surface area contributed by atoms with Gasteiger partial charge in [-0.05, 0) is 59.3 Å². The molecule has 2 aromatic carbocycles. The standard InChI is InChI=1S/C17H15BrFNO4/c1-10(16(21)20-12-5-3-4-11(19)8-12)24-17(22)14-9-13(23-2)6-7-15(14)18/h3-10H,1-2H3,(H,20,21). The molecule has 126 valence electrons. The maximum atomic E-state index is 13.1. The molecular formula is C17H15BrFNO4. The van der Waals surface area contributed by atoms with E-state index < -0.39 is 23.8 Å². The first-order valence-corrected chi connectivity index (χ1v) is 7.81. The minimum Gasteiger partial charge on any atom is -0.497 e. The second kappa shape index (κ2) is 7.92. The third-order valence-electron chi connectivity index (χ3n) is 3.14. The molecule has 0 aliphatic rings. The van der Waals surface area contributed by atoms with Crippen LogP contribution in [-0.4, -0.2) is 25.1 Å². The molecule has 0 saturated heterocycles. The molecule has 5 nitrogen and oxygen atoms in total. The summed E-state index contributed by atoms with van der Waals surface area (Å²) in [5, 5.41) is 2.48. The third kappa shape index (κ3) is 4.55. The number of benzene rings is 2. The molecule has 0 spiro atoms. The molecule has 7 heteroatoms. The monoisotopic (exact) mass is 395 g/mol. The number of halogens is 2. The van der Waals surface area contributed by atoms with E-state index in [-0.39, 0.29) is 11.3 Å². The molecule has 1 atom stereocenters. The molecule has 0 radical (unpaired) electrons. The summed E-state index contributed by atoms with van der Waals surface area (Å²) in [5.74, 6) is -1.23. The Bertz CT molecular complexity index is 766. The largest absolute Gasteiger partial charge is 0.497 e. The van der Waals surface area contributed by atoms with Gasteiger partial charge in [-0.15, -0.1) is 0 Å². The SMILES string of the molecule is COc1ccc(Br)c(C(=O)OC(C)C(=O)Nc2cccc(F)c2)c1. The van der Waals surface area contributed by atoms with E-state index in [0.717, 1.165) is 0 Å². The number of hydrogen-bond acceptors (Lipinski definition) is 4. The summed E-state index contributed by atoms with van der Waals surface area (Å²) in [6.45, 7) is 1.43. The summed E-state index contributed by atoms with van der Waals surface area (Å²) < 4.78 is 23.8. The van der Waals surface area contributed by atoms with Crippen molar-refractivity contribution in [3.05, 3.63) is 58.3 Å². The zero-order valence-corrected chi connectivity index (χ0v) is 14.6. The van der Waals surface area contributed by atoms with Gasteiger partial charge < -0.3 is 14.8 Å². The molecular weight excluding hydrogens is 381 g/mol. The first-order chi connectivity index (χ1) is 11.4. The number of hydrogen-bond donors (Lipinski definition) is 1. The van der Waals surface area contributed by atoms with Crippen molar-refractivity contribution in [2.45, 2.75) is 13.0 Å². The van der Waals surface area contributed by atoms with Crippen LogP contribution in [-0.2, 0) is 9.53 Å². The summed E-state index contributed by atoms with van der Waals surface area (Å²) >= 11 is 3.25. The van der Waals surface area contributed by atoms with Crippen LogP contribution in [0.3, 0.4) is 0 Å². The number of anilines is 1. The maximum absolute atomic E-state index is 13.1. The highest BCUT2D eigenvalue weighted by atomic mass is 79.9. The molecule has 0 aliphatic heterocycles. The topological polar surface area (TPSA) is 64.6 Å². The number of ether oxygens (including phenoxy) is 2. The van der Waals surface area contributed by atoms with Crippen molar-refractivity contribution >= 4 is 33.5 Å². The van der Waals surface area contributed by atoms with Crippen LogP contribution in [0.5, 0.6) is 5.75 Å². The zero-order chi connectivity index (χ0) is 17.7. The highest BCUT2D eigenvalue weighted by Crippen LogP contribution is 2.23. The predicted molar refractivity (Wildman–Crippen MR) is 90.6 cm³/mol. The van der Waals surface area contributed by atoms with Crippen LogP contribution in [0.2, 0.25) is 0 Å². The summed E-state index contributed by atoms with van der Waals surface area (Å²) in [7, 11) is 1.48. The van der Waals surface area contributed by atoms with Crippen LogP contribution in [0.15, 0.2) is 46.9 Å². The van der Waals surface area contributed by atoms with E-state index in [1.165, 1.54) is 44.4 Å². The van der Waals surface area contributed by atoms with E-state index >= 15 is 0 Å². The van der Waals surface area contributed by atoms with Crippen LogP contribution < -0.4 is 10.1 Å². The second-order valence-electron chi connectivity index (χ2n) is 4.89. The minimum atomic E-state index is -1.06. The van der Waals surface area contributed by atoms with Crippen molar-refractivity contribution in [2.75, 3.05) is 12.4 Å². The summed E-state index contributed by atoms with van der Waals surface area (Å²) in [6, 6.07) is 10.3. The summed E-state index contributed by atoms with van der Waals surface area (Å²) in [6.07, 6.45) is -1.06. The van der Waals surface area contributed by atoms with Gasteiger partial charge in [0.2, 0.25) is 0 Å². The second-order valence-corrected chi connectivity index (χ2v) is 5.75. The van der Waals surface area contributed by atoms with E-state index in [9.17, 15) is 14.0 Å². The van der Waals surface area contributed by atoms with Crippen molar-refractivity contribution in [1.82, 2.24) is 0 Å². The Labute approximate surface area is 146 Å². The van der Waals surface area contributed by atoms with Gasteiger partial charge in [-0.3, -0.25) is 4.79 Å². The first kappa shape index (κ1) is 17.9. The van der Waals surface area contributed by atoms with Crippen molar-refractivity contribution in [1.29, 1.82) is 0 Å². The number of rotatable bonds is 5. The highest BCUT2D eigenvalue weighted by Gasteiger charge is 2.21. The molecule has 2 rings (SSSR count). The van der Waals surface area contributed by atoms with Crippen LogP contribution >= 0.6 is 15.9 Å². The van der Waals surface area contributed by atoms with Crippen LogP contribution in [0.25, 0.3) is 0 Å². The predicted octanol–water partition coefficient (Wildman–Crippen LogP) is 3.78. The molecule has 0 heterocycles. The molecule has 0 aliphatic carbocycles. The molecule has 1 N–H and O–H groups in total. The lowest BCUT2D eigenvalue weighted by Crippen LogP contribution is -2.30. The minimum absolute atomic E-state index is 0.236. The van der Waals surface area contributed by atoms with E-state index in [0.29, 0.717) is 10.2 Å². The molecule has 0 bridgehead atoms. The number of nitrogens with one attached hydrogen (secondary N) is 1. The van der Waals surface area contributed by atoms with Gasteiger partial charge >= 0.3 is 5.97 Å². The Morgan fingerprint density at radius 3 is 2.62 bits per heavy atom. The maximum Gasteiger partial charge on any atom is 0.340 e. The fourth-order valence-corrected chi connectivity index (χ4v) is 2.28. The molecule has 0 aromatic heterocycles. The number of amides is 1. The van der Waals surface area contributed by atoms with E-state index in [1.54, 1.807) is 12.1 Å². The van der Waals surface area contributed by atoms with Gasteiger partial charge in [0.05, 0.1) is 12.7 Å². The first-order valence-electron chi connectivity index (χ1n) is 7.01.